The molecule has 0 spiro atoms. The highest BCUT2D eigenvalue weighted by molar-refractivity contribution is 6.61. The van der Waals surface area contributed by atoms with E-state index in [9.17, 15) is 0 Å². The molecule has 6 heteroatoms. The molecule has 2 unspecified atom stereocenters. The van der Waals surface area contributed by atoms with Crippen LogP contribution in [0.4, 0.5) is 5.95 Å². The SMILES string of the molecule is CC1(C)OB(c2cnc(N3CC4CCC3C4)nc2)OC1(C)C. The van der Waals surface area contributed by atoms with E-state index in [1.807, 2.05) is 12.4 Å². The van der Waals surface area contributed by atoms with Gasteiger partial charge in [-0.05, 0) is 52.9 Å². The number of nitrogens with zero attached hydrogens (tertiary/aromatic N) is 3. The summed E-state index contributed by atoms with van der Waals surface area (Å²) in [6.45, 7) is 9.35. The second-order valence-electron chi connectivity index (χ2n) is 7.89. The molecule has 5 nitrogen and oxygen atoms in total. The zero-order valence-electron chi connectivity index (χ0n) is 13.9. The molecule has 2 saturated heterocycles. The summed E-state index contributed by atoms with van der Waals surface area (Å²) in [5.41, 5.74) is 0.237. The van der Waals surface area contributed by atoms with Gasteiger partial charge in [-0.3, -0.25) is 0 Å². The van der Waals surface area contributed by atoms with Gasteiger partial charge in [0.15, 0.2) is 0 Å². The molecule has 3 fully saturated rings. The van der Waals surface area contributed by atoms with Crippen molar-refractivity contribution in [2.45, 2.75) is 64.2 Å². The normalized spacial score (nSPS) is 32.0. The van der Waals surface area contributed by atoms with E-state index in [0.717, 1.165) is 23.9 Å². The Morgan fingerprint density at radius 2 is 1.73 bits per heavy atom. The Kier molecular flexibility index (Phi) is 3.08. The van der Waals surface area contributed by atoms with Gasteiger partial charge in [0.1, 0.15) is 0 Å². The molecule has 1 aliphatic carbocycles. The van der Waals surface area contributed by atoms with E-state index in [0.29, 0.717) is 6.04 Å². The molecule has 1 aromatic heterocycles. The smallest absolute Gasteiger partial charge is 0.399 e. The number of aromatic nitrogens is 2. The predicted octanol–water partition coefficient (Wildman–Crippen LogP) is 1.76. The summed E-state index contributed by atoms with van der Waals surface area (Å²) in [4.78, 5) is 11.5. The van der Waals surface area contributed by atoms with Gasteiger partial charge in [-0.15, -0.1) is 0 Å². The van der Waals surface area contributed by atoms with E-state index < -0.39 is 0 Å². The van der Waals surface area contributed by atoms with E-state index in [1.54, 1.807) is 0 Å². The Morgan fingerprint density at radius 1 is 1.09 bits per heavy atom. The highest BCUT2D eigenvalue weighted by Crippen LogP contribution is 2.39. The van der Waals surface area contributed by atoms with Crippen LogP contribution >= 0.6 is 0 Å². The lowest BCUT2D eigenvalue weighted by Gasteiger charge is -2.32. The van der Waals surface area contributed by atoms with Crippen molar-refractivity contribution in [2.75, 3.05) is 11.4 Å². The zero-order valence-corrected chi connectivity index (χ0v) is 13.9. The van der Waals surface area contributed by atoms with E-state index in [4.69, 9.17) is 9.31 Å². The molecule has 4 rings (SSSR count). The third-order valence-corrected chi connectivity index (χ3v) is 5.85. The summed E-state index contributed by atoms with van der Waals surface area (Å²) < 4.78 is 12.1. The summed E-state index contributed by atoms with van der Waals surface area (Å²) in [5.74, 6) is 1.70. The fourth-order valence-corrected chi connectivity index (χ4v) is 3.75. The summed E-state index contributed by atoms with van der Waals surface area (Å²) >= 11 is 0. The van der Waals surface area contributed by atoms with Crippen LogP contribution in [0.15, 0.2) is 12.4 Å². The van der Waals surface area contributed by atoms with Crippen LogP contribution in [-0.2, 0) is 9.31 Å². The first-order chi connectivity index (χ1) is 10.4. The van der Waals surface area contributed by atoms with Crippen LogP contribution in [0.3, 0.4) is 0 Å². The van der Waals surface area contributed by atoms with Crippen LogP contribution in [0.2, 0.25) is 0 Å². The summed E-state index contributed by atoms with van der Waals surface area (Å²) in [6.07, 6.45) is 7.68. The second-order valence-corrected chi connectivity index (χ2v) is 7.89. The monoisotopic (exact) mass is 301 g/mol. The molecule has 2 atom stereocenters. The summed E-state index contributed by atoms with van der Waals surface area (Å²) in [7, 11) is -0.380. The standard InChI is InChI=1S/C16H24BN3O2/c1-15(2)16(3,4)22-17(21-15)12-8-18-14(19-9-12)20-10-11-5-6-13(20)7-11/h8-9,11,13H,5-7,10H2,1-4H3. The largest absolute Gasteiger partial charge is 0.498 e. The first-order valence-corrected chi connectivity index (χ1v) is 8.30. The molecule has 3 aliphatic rings. The quantitative estimate of drug-likeness (QED) is 0.779. The van der Waals surface area contributed by atoms with Gasteiger partial charge >= 0.3 is 7.12 Å². The number of rotatable bonds is 2. The lowest BCUT2D eigenvalue weighted by atomic mass is 9.81. The van der Waals surface area contributed by atoms with Gasteiger partial charge in [-0.2, -0.15) is 0 Å². The van der Waals surface area contributed by atoms with Gasteiger partial charge in [0.05, 0.1) is 11.2 Å². The summed E-state index contributed by atoms with van der Waals surface area (Å²) in [5, 5.41) is 0. The molecule has 118 valence electrons. The maximum Gasteiger partial charge on any atom is 0.498 e. The van der Waals surface area contributed by atoms with E-state index >= 15 is 0 Å². The van der Waals surface area contributed by atoms with Crippen molar-refractivity contribution >= 4 is 18.5 Å². The third-order valence-electron chi connectivity index (χ3n) is 5.85. The molecule has 22 heavy (non-hydrogen) atoms. The van der Waals surface area contributed by atoms with Crippen LogP contribution < -0.4 is 10.4 Å². The highest BCUT2D eigenvalue weighted by atomic mass is 16.7. The first-order valence-electron chi connectivity index (χ1n) is 8.30. The Labute approximate surface area is 132 Å². The maximum absolute atomic E-state index is 6.05. The van der Waals surface area contributed by atoms with Crippen molar-refractivity contribution in [3.63, 3.8) is 0 Å². The Morgan fingerprint density at radius 3 is 2.23 bits per heavy atom. The number of piperidine rings is 1. The van der Waals surface area contributed by atoms with Crippen molar-refractivity contribution in [2.24, 2.45) is 5.92 Å². The van der Waals surface area contributed by atoms with Gasteiger partial charge in [0, 0.05) is 30.4 Å². The van der Waals surface area contributed by atoms with Crippen LogP contribution in [0.5, 0.6) is 0 Å². The molecule has 1 saturated carbocycles. The number of fused-ring (bicyclic) bond motifs is 2. The lowest BCUT2D eigenvalue weighted by molar-refractivity contribution is 0.00578. The Hall–Kier alpha value is -1.14. The Bertz CT molecular complexity index is 559. The summed E-state index contributed by atoms with van der Waals surface area (Å²) in [6, 6.07) is 0.646. The van der Waals surface area contributed by atoms with Gasteiger partial charge < -0.3 is 14.2 Å². The molecule has 2 bridgehead atoms. The average molecular weight is 301 g/mol. The number of hydrogen-bond acceptors (Lipinski definition) is 5. The zero-order chi connectivity index (χ0) is 15.5. The molecular formula is C16H24BN3O2. The maximum atomic E-state index is 6.05. The van der Waals surface area contributed by atoms with Crippen molar-refractivity contribution in [1.82, 2.24) is 9.97 Å². The van der Waals surface area contributed by atoms with E-state index in [-0.39, 0.29) is 18.3 Å². The van der Waals surface area contributed by atoms with Crippen LogP contribution in [0, 0.1) is 5.92 Å². The molecule has 0 radical (unpaired) electrons. The van der Waals surface area contributed by atoms with Crippen LogP contribution in [0.1, 0.15) is 47.0 Å². The van der Waals surface area contributed by atoms with Crippen molar-refractivity contribution in [1.29, 1.82) is 0 Å². The lowest BCUT2D eigenvalue weighted by Crippen LogP contribution is -2.41. The average Bonchev–Trinajstić information content (AvgIpc) is 3.13. The minimum absolute atomic E-state index is 0.329. The fraction of sp³-hybridized carbons (Fsp3) is 0.750. The van der Waals surface area contributed by atoms with Gasteiger partial charge in [0.25, 0.3) is 0 Å². The third kappa shape index (κ3) is 2.15. The molecule has 1 aromatic rings. The Balaban J connectivity index is 1.51. The highest BCUT2D eigenvalue weighted by Gasteiger charge is 2.52. The van der Waals surface area contributed by atoms with E-state index in [1.165, 1.54) is 19.3 Å². The molecule has 0 N–H and O–H groups in total. The minimum Gasteiger partial charge on any atom is -0.399 e. The van der Waals surface area contributed by atoms with Gasteiger partial charge in [0.2, 0.25) is 5.95 Å². The second kappa shape index (κ2) is 4.68. The predicted molar refractivity (Wildman–Crippen MR) is 86.2 cm³/mol. The molecule has 2 aliphatic heterocycles. The number of anilines is 1. The first kappa shape index (κ1) is 14.5. The van der Waals surface area contributed by atoms with Gasteiger partial charge in [-0.25, -0.2) is 9.97 Å². The van der Waals surface area contributed by atoms with Crippen LogP contribution in [-0.4, -0.2) is 40.9 Å². The fourth-order valence-electron chi connectivity index (χ4n) is 3.75. The molecule has 0 amide bonds. The van der Waals surface area contributed by atoms with Crippen molar-refractivity contribution in [3.8, 4) is 0 Å². The topological polar surface area (TPSA) is 47.5 Å². The van der Waals surface area contributed by atoms with Crippen molar-refractivity contribution < 1.29 is 9.31 Å². The van der Waals surface area contributed by atoms with E-state index in [2.05, 4.69) is 42.6 Å². The molecule has 0 aromatic carbocycles. The van der Waals surface area contributed by atoms with Gasteiger partial charge in [-0.1, -0.05) is 0 Å². The van der Waals surface area contributed by atoms with Crippen molar-refractivity contribution in [3.05, 3.63) is 12.4 Å². The number of hydrogen-bond donors (Lipinski definition) is 0. The molecule has 3 heterocycles. The molecular weight excluding hydrogens is 277 g/mol. The van der Waals surface area contributed by atoms with Crippen LogP contribution in [0.25, 0.3) is 0 Å². The minimum atomic E-state index is -0.380.